The SMILES string of the molecule is O=C(Nc1ccccc1Cl)OCC(CCl)(CCl)CCl. The van der Waals surface area contributed by atoms with Gasteiger partial charge in [0.05, 0.1) is 10.7 Å². The van der Waals surface area contributed by atoms with Crippen molar-refractivity contribution in [1.82, 2.24) is 0 Å². The molecule has 0 saturated heterocycles. The van der Waals surface area contributed by atoms with Gasteiger partial charge in [-0.15, -0.1) is 34.8 Å². The maximum absolute atomic E-state index is 11.6. The predicted octanol–water partition coefficient (Wildman–Crippen LogP) is 4.59. The average molecular weight is 345 g/mol. The van der Waals surface area contributed by atoms with Gasteiger partial charge in [0.1, 0.15) is 6.61 Å². The first-order valence-corrected chi connectivity index (χ1v) is 7.41. The van der Waals surface area contributed by atoms with Gasteiger partial charge in [0.15, 0.2) is 0 Å². The summed E-state index contributed by atoms with van der Waals surface area (Å²) in [6, 6.07) is 6.85. The molecule has 0 radical (unpaired) electrons. The van der Waals surface area contributed by atoms with Crippen LogP contribution in [0.5, 0.6) is 0 Å². The van der Waals surface area contributed by atoms with Gasteiger partial charge < -0.3 is 4.74 Å². The number of amides is 1. The summed E-state index contributed by atoms with van der Waals surface area (Å²) < 4.78 is 5.08. The zero-order valence-electron chi connectivity index (χ0n) is 9.97. The highest BCUT2D eigenvalue weighted by Crippen LogP contribution is 2.25. The summed E-state index contributed by atoms with van der Waals surface area (Å²) in [5.41, 5.74) is -0.148. The molecular weight excluding hydrogens is 332 g/mol. The number of ether oxygens (including phenoxy) is 1. The third kappa shape index (κ3) is 4.92. The van der Waals surface area contributed by atoms with Crippen LogP contribution in [0.25, 0.3) is 0 Å². The summed E-state index contributed by atoms with van der Waals surface area (Å²) in [5.74, 6) is 0.623. The fourth-order valence-electron chi connectivity index (χ4n) is 1.15. The van der Waals surface area contributed by atoms with E-state index in [1.165, 1.54) is 0 Å². The molecule has 1 N–H and O–H groups in total. The molecule has 0 unspecified atom stereocenters. The standard InChI is InChI=1S/C12H13Cl4NO2/c13-5-12(6-14,7-15)8-19-11(18)17-10-4-2-1-3-9(10)16/h1-4H,5-8H2,(H,17,18). The fraction of sp³-hybridized carbons (Fsp3) is 0.417. The average Bonchev–Trinajstić information content (AvgIpc) is 2.44. The number of carbonyl (C=O) groups excluding carboxylic acids is 1. The lowest BCUT2D eigenvalue weighted by atomic mass is 9.97. The van der Waals surface area contributed by atoms with E-state index >= 15 is 0 Å². The number of halogens is 4. The van der Waals surface area contributed by atoms with Gasteiger partial charge >= 0.3 is 6.09 Å². The highest BCUT2D eigenvalue weighted by Gasteiger charge is 2.29. The van der Waals surface area contributed by atoms with E-state index in [1.807, 2.05) is 0 Å². The van der Waals surface area contributed by atoms with Crippen LogP contribution < -0.4 is 5.32 Å². The van der Waals surface area contributed by atoms with Crippen LogP contribution in [0.2, 0.25) is 5.02 Å². The Kier molecular flexibility index (Phi) is 7.08. The van der Waals surface area contributed by atoms with Gasteiger partial charge in [0.2, 0.25) is 0 Å². The molecule has 1 amide bonds. The summed E-state index contributed by atoms with van der Waals surface area (Å²) in [7, 11) is 0. The fourth-order valence-corrected chi connectivity index (χ4v) is 2.42. The van der Waals surface area contributed by atoms with Crippen molar-refractivity contribution in [3.63, 3.8) is 0 Å². The molecule has 1 aromatic carbocycles. The van der Waals surface area contributed by atoms with E-state index in [1.54, 1.807) is 24.3 Å². The van der Waals surface area contributed by atoms with Crippen LogP contribution in [0.15, 0.2) is 24.3 Å². The number of nitrogens with one attached hydrogen (secondary N) is 1. The number of hydrogen-bond donors (Lipinski definition) is 1. The molecule has 0 spiro atoms. The maximum atomic E-state index is 11.6. The number of anilines is 1. The molecule has 19 heavy (non-hydrogen) atoms. The van der Waals surface area contributed by atoms with E-state index in [0.29, 0.717) is 10.7 Å². The van der Waals surface area contributed by atoms with E-state index in [9.17, 15) is 4.79 Å². The molecule has 3 nitrogen and oxygen atoms in total. The highest BCUT2D eigenvalue weighted by atomic mass is 35.5. The van der Waals surface area contributed by atoms with Gasteiger partial charge in [-0.1, -0.05) is 23.7 Å². The molecule has 7 heteroatoms. The smallest absolute Gasteiger partial charge is 0.411 e. The van der Waals surface area contributed by atoms with E-state index in [4.69, 9.17) is 51.1 Å². The zero-order valence-corrected chi connectivity index (χ0v) is 13.0. The third-order valence-electron chi connectivity index (χ3n) is 2.47. The molecule has 0 aromatic heterocycles. The number of carbonyl (C=O) groups is 1. The first-order valence-electron chi connectivity index (χ1n) is 5.43. The molecule has 1 rings (SSSR count). The number of alkyl halides is 3. The Balaban J connectivity index is 2.55. The maximum Gasteiger partial charge on any atom is 0.411 e. The van der Waals surface area contributed by atoms with Crippen LogP contribution >= 0.6 is 46.4 Å². The lowest BCUT2D eigenvalue weighted by Gasteiger charge is -2.26. The van der Waals surface area contributed by atoms with Crippen LogP contribution in [0.3, 0.4) is 0 Å². The predicted molar refractivity (Wildman–Crippen MR) is 81.0 cm³/mol. The van der Waals surface area contributed by atoms with Crippen molar-refractivity contribution in [3.8, 4) is 0 Å². The second-order valence-corrected chi connectivity index (χ2v) is 5.29. The quantitative estimate of drug-likeness (QED) is 0.766. The van der Waals surface area contributed by atoms with Gasteiger partial charge in [0.25, 0.3) is 0 Å². The topological polar surface area (TPSA) is 38.3 Å². The molecule has 0 fully saturated rings. The first kappa shape index (κ1) is 16.7. The molecule has 0 aliphatic rings. The van der Waals surface area contributed by atoms with Gasteiger partial charge in [0, 0.05) is 23.1 Å². The molecule has 0 aliphatic carbocycles. The van der Waals surface area contributed by atoms with E-state index < -0.39 is 11.5 Å². The van der Waals surface area contributed by atoms with Crippen LogP contribution in [-0.2, 0) is 4.74 Å². The lowest BCUT2D eigenvalue weighted by Crippen LogP contribution is -2.35. The van der Waals surface area contributed by atoms with Crippen LogP contribution in [0, 0.1) is 5.41 Å². The summed E-state index contributed by atoms with van der Waals surface area (Å²) in [6.45, 7) is 0.0415. The van der Waals surface area contributed by atoms with Crippen molar-refractivity contribution in [2.45, 2.75) is 0 Å². The van der Waals surface area contributed by atoms with Crippen molar-refractivity contribution in [1.29, 1.82) is 0 Å². The van der Waals surface area contributed by atoms with Crippen molar-refractivity contribution >= 4 is 58.2 Å². The molecule has 1 aromatic rings. The number of rotatable bonds is 6. The van der Waals surface area contributed by atoms with Gasteiger partial charge in [-0.25, -0.2) is 4.79 Å². The number of para-hydroxylation sites is 1. The Hall–Kier alpha value is -0.350. The molecule has 0 heterocycles. The summed E-state index contributed by atoms with van der Waals surface area (Å²) in [5, 5.41) is 2.96. The molecular formula is C12H13Cl4NO2. The molecule has 106 valence electrons. The lowest BCUT2D eigenvalue weighted by molar-refractivity contribution is 0.122. The third-order valence-corrected chi connectivity index (χ3v) is 4.50. The van der Waals surface area contributed by atoms with Crippen molar-refractivity contribution < 1.29 is 9.53 Å². The second-order valence-electron chi connectivity index (χ2n) is 4.08. The Labute approximate surface area is 132 Å². The number of benzene rings is 1. The Morgan fingerprint density at radius 1 is 1.16 bits per heavy atom. The van der Waals surface area contributed by atoms with Crippen LogP contribution in [-0.4, -0.2) is 30.3 Å². The van der Waals surface area contributed by atoms with E-state index in [2.05, 4.69) is 5.32 Å². The second kappa shape index (κ2) is 8.05. The first-order chi connectivity index (χ1) is 9.06. The Morgan fingerprint density at radius 3 is 2.26 bits per heavy atom. The normalized spacial score (nSPS) is 11.2. The van der Waals surface area contributed by atoms with Crippen molar-refractivity contribution in [3.05, 3.63) is 29.3 Å². The van der Waals surface area contributed by atoms with Gasteiger partial charge in [-0.2, -0.15) is 0 Å². The van der Waals surface area contributed by atoms with Gasteiger partial charge in [-0.05, 0) is 12.1 Å². The summed E-state index contributed by atoms with van der Waals surface area (Å²) >= 11 is 23.3. The minimum absolute atomic E-state index is 0.0415. The monoisotopic (exact) mass is 343 g/mol. The van der Waals surface area contributed by atoms with Crippen LogP contribution in [0.1, 0.15) is 0 Å². The van der Waals surface area contributed by atoms with Crippen molar-refractivity contribution in [2.75, 3.05) is 29.6 Å². The molecule has 0 aliphatic heterocycles. The number of hydrogen-bond acceptors (Lipinski definition) is 2. The zero-order chi connectivity index (χ0) is 14.3. The highest BCUT2D eigenvalue weighted by molar-refractivity contribution is 6.33. The Morgan fingerprint density at radius 2 is 1.74 bits per heavy atom. The minimum Gasteiger partial charge on any atom is -0.449 e. The van der Waals surface area contributed by atoms with E-state index in [0.717, 1.165) is 0 Å². The van der Waals surface area contributed by atoms with Crippen LogP contribution in [0.4, 0.5) is 10.5 Å². The van der Waals surface area contributed by atoms with Gasteiger partial charge in [-0.3, -0.25) is 5.32 Å². The molecule has 0 saturated carbocycles. The van der Waals surface area contributed by atoms with Crippen molar-refractivity contribution in [2.24, 2.45) is 5.41 Å². The summed E-state index contributed by atoms with van der Waals surface area (Å²) in [4.78, 5) is 11.6. The Bertz CT molecular complexity index is 416. The molecule has 0 bridgehead atoms. The largest absolute Gasteiger partial charge is 0.449 e. The summed E-state index contributed by atoms with van der Waals surface area (Å²) in [6.07, 6.45) is -0.627. The minimum atomic E-state index is -0.627. The molecule has 0 atom stereocenters. The van der Waals surface area contributed by atoms with E-state index in [-0.39, 0.29) is 24.2 Å².